The van der Waals surface area contributed by atoms with E-state index >= 15 is 0 Å². The molecule has 0 amide bonds. The number of aromatic carboxylic acids is 1. The van der Waals surface area contributed by atoms with Crippen LogP contribution in [0.4, 0.5) is 5.69 Å². The van der Waals surface area contributed by atoms with E-state index < -0.39 is 5.97 Å². The molecule has 0 unspecified atom stereocenters. The molecule has 1 N–H and O–H groups in total. The number of hydrogen-bond donors (Lipinski definition) is 1. The number of anilines is 1. The summed E-state index contributed by atoms with van der Waals surface area (Å²) in [5.74, 6) is -0.906. The van der Waals surface area contributed by atoms with Gasteiger partial charge in [-0.15, -0.1) is 0 Å². The van der Waals surface area contributed by atoms with Crippen LogP contribution >= 0.6 is 11.6 Å². The summed E-state index contributed by atoms with van der Waals surface area (Å²) in [5.41, 5.74) is 1.55. The van der Waals surface area contributed by atoms with Crippen LogP contribution < -0.4 is 4.90 Å². The van der Waals surface area contributed by atoms with Gasteiger partial charge in [0, 0.05) is 18.5 Å². The number of nitrogens with zero attached hydrogens (tertiary/aromatic N) is 1. The zero-order valence-corrected chi connectivity index (χ0v) is 12.9. The van der Waals surface area contributed by atoms with E-state index in [1.54, 1.807) is 18.2 Å². The van der Waals surface area contributed by atoms with Gasteiger partial charge >= 0.3 is 5.97 Å². The van der Waals surface area contributed by atoms with Crippen LogP contribution in [0.15, 0.2) is 18.2 Å². The Labute approximate surface area is 125 Å². The van der Waals surface area contributed by atoms with Gasteiger partial charge in [0.05, 0.1) is 16.3 Å². The number of hydrogen-bond acceptors (Lipinski definition) is 2. The van der Waals surface area contributed by atoms with Crippen molar-refractivity contribution in [2.45, 2.75) is 39.5 Å². The van der Waals surface area contributed by atoms with Gasteiger partial charge in [-0.1, -0.05) is 38.3 Å². The molecule has 1 aromatic rings. The predicted molar refractivity (Wildman–Crippen MR) is 82.9 cm³/mol. The summed E-state index contributed by atoms with van der Waals surface area (Å²) < 4.78 is 0. The maximum atomic E-state index is 11.1. The first kappa shape index (κ1) is 15.2. The summed E-state index contributed by atoms with van der Waals surface area (Å²) in [5, 5.41) is 9.72. The van der Waals surface area contributed by atoms with Gasteiger partial charge in [-0.3, -0.25) is 0 Å². The van der Waals surface area contributed by atoms with Gasteiger partial charge < -0.3 is 10.0 Å². The molecule has 4 heteroatoms. The van der Waals surface area contributed by atoms with E-state index in [-0.39, 0.29) is 0 Å². The standard InChI is InChI=1S/C16H22ClNO2/c1-3-7-16(8-4-2)10-18(11-16)14-9-12(15(19)20)5-6-13(14)17/h5-6,9H,3-4,7-8,10-11H2,1-2H3,(H,19,20). The lowest BCUT2D eigenvalue weighted by atomic mass is 9.72. The van der Waals surface area contributed by atoms with Gasteiger partial charge in [-0.2, -0.15) is 0 Å². The zero-order valence-electron chi connectivity index (χ0n) is 12.2. The highest BCUT2D eigenvalue weighted by molar-refractivity contribution is 6.33. The Hall–Kier alpha value is -1.22. The Bertz CT molecular complexity index is 487. The van der Waals surface area contributed by atoms with Crippen LogP contribution in [0.2, 0.25) is 5.02 Å². The van der Waals surface area contributed by atoms with Crippen LogP contribution in [0.1, 0.15) is 49.9 Å². The largest absolute Gasteiger partial charge is 0.478 e. The van der Waals surface area contributed by atoms with Crippen molar-refractivity contribution >= 4 is 23.3 Å². The lowest BCUT2D eigenvalue weighted by molar-refractivity contribution is 0.0697. The molecule has 1 aromatic carbocycles. The van der Waals surface area contributed by atoms with Crippen LogP contribution in [0, 0.1) is 5.41 Å². The second-order valence-corrected chi connectivity index (χ2v) is 6.23. The number of carbonyl (C=O) groups is 1. The molecule has 1 aliphatic rings. The van der Waals surface area contributed by atoms with Gasteiger partial charge in [-0.05, 0) is 31.0 Å². The van der Waals surface area contributed by atoms with E-state index in [1.807, 2.05) is 0 Å². The van der Waals surface area contributed by atoms with Gasteiger partial charge in [0.2, 0.25) is 0 Å². The van der Waals surface area contributed by atoms with E-state index in [9.17, 15) is 4.79 Å². The van der Waals surface area contributed by atoms with Gasteiger partial charge in [-0.25, -0.2) is 4.79 Å². The average molecular weight is 296 g/mol. The number of halogens is 1. The quantitative estimate of drug-likeness (QED) is 0.843. The zero-order chi connectivity index (χ0) is 14.8. The first-order chi connectivity index (χ1) is 9.51. The molecule has 0 atom stereocenters. The Morgan fingerprint density at radius 2 is 1.90 bits per heavy atom. The van der Waals surface area contributed by atoms with Gasteiger partial charge in [0.1, 0.15) is 0 Å². The second kappa shape index (κ2) is 6.04. The molecule has 0 bridgehead atoms. The van der Waals surface area contributed by atoms with Crippen molar-refractivity contribution in [1.29, 1.82) is 0 Å². The number of carboxylic acid groups (broad SMARTS) is 1. The number of benzene rings is 1. The summed E-state index contributed by atoms with van der Waals surface area (Å²) in [6.45, 7) is 6.41. The topological polar surface area (TPSA) is 40.5 Å². The van der Waals surface area contributed by atoms with E-state index in [2.05, 4.69) is 18.7 Å². The molecule has 0 aliphatic carbocycles. The minimum Gasteiger partial charge on any atom is -0.478 e. The highest BCUT2D eigenvalue weighted by Crippen LogP contribution is 2.43. The summed E-state index contributed by atoms with van der Waals surface area (Å²) in [6.07, 6.45) is 4.84. The van der Waals surface area contributed by atoms with Crippen LogP contribution in [0.25, 0.3) is 0 Å². The van der Waals surface area contributed by atoms with Crippen molar-refractivity contribution in [1.82, 2.24) is 0 Å². The maximum Gasteiger partial charge on any atom is 0.335 e. The van der Waals surface area contributed by atoms with Crippen molar-refractivity contribution in [3.8, 4) is 0 Å². The molecule has 20 heavy (non-hydrogen) atoms. The van der Waals surface area contributed by atoms with E-state index in [0.717, 1.165) is 18.8 Å². The lowest BCUT2D eigenvalue weighted by Gasteiger charge is -2.52. The summed E-state index contributed by atoms with van der Waals surface area (Å²) in [6, 6.07) is 4.92. The molecule has 1 aliphatic heterocycles. The Morgan fingerprint density at radius 1 is 1.30 bits per heavy atom. The van der Waals surface area contributed by atoms with Gasteiger partial charge in [0.15, 0.2) is 0 Å². The molecule has 3 nitrogen and oxygen atoms in total. The SMILES string of the molecule is CCCC1(CCC)CN(c2cc(C(=O)O)ccc2Cl)C1. The molecule has 2 rings (SSSR count). The predicted octanol–water partition coefficient (Wildman–Crippen LogP) is 4.44. The number of carboxylic acids is 1. The Balaban J connectivity index is 2.15. The third-order valence-electron chi connectivity index (χ3n) is 4.15. The van der Waals surface area contributed by atoms with Gasteiger partial charge in [0.25, 0.3) is 0 Å². The second-order valence-electron chi connectivity index (χ2n) is 5.83. The van der Waals surface area contributed by atoms with Crippen LogP contribution in [-0.4, -0.2) is 24.2 Å². The van der Waals surface area contributed by atoms with E-state index in [1.165, 1.54) is 25.7 Å². The first-order valence-corrected chi connectivity index (χ1v) is 7.67. The molecule has 1 heterocycles. The van der Waals surface area contributed by atoms with Crippen LogP contribution in [0.3, 0.4) is 0 Å². The van der Waals surface area contributed by atoms with Crippen molar-refractivity contribution in [2.24, 2.45) is 5.41 Å². The van der Waals surface area contributed by atoms with Crippen molar-refractivity contribution in [3.63, 3.8) is 0 Å². The fourth-order valence-electron chi connectivity index (χ4n) is 3.32. The molecule has 0 aromatic heterocycles. The maximum absolute atomic E-state index is 11.1. The minimum atomic E-state index is -0.906. The Kier molecular flexibility index (Phi) is 4.59. The van der Waals surface area contributed by atoms with Crippen molar-refractivity contribution in [3.05, 3.63) is 28.8 Å². The minimum absolute atomic E-state index is 0.299. The molecule has 1 saturated heterocycles. The molecule has 0 saturated carbocycles. The van der Waals surface area contributed by atoms with Crippen molar-refractivity contribution < 1.29 is 9.90 Å². The highest BCUT2D eigenvalue weighted by Gasteiger charge is 2.41. The van der Waals surface area contributed by atoms with Crippen molar-refractivity contribution in [2.75, 3.05) is 18.0 Å². The molecule has 0 radical (unpaired) electrons. The summed E-state index contributed by atoms with van der Waals surface area (Å²) in [7, 11) is 0. The Morgan fingerprint density at radius 3 is 2.40 bits per heavy atom. The normalized spacial score (nSPS) is 16.9. The first-order valence-electron chi connectivity index (χ1n) is 7.29. The van der Waals surface area contributed by atoms with E-state index in [4.69, 9.17) is 16.7 Å². The summed E-state index contributed by atoms with van der Waals surface area (Å²) in [4.78, 5) is 13.3. The van der Waals surface area contributed by atoms with Crippen LogP contribution in [0.5, 0.6) is 0 Å². The smallest absolute Gasteiger partial charge is 0.335 e. The van der Waals surface area contributed by atoms with E-state index in [0.29, 0.717) is 16.0 Å². The molecule has 1 fully saturated rings. The third-order valence-corrected chi connectivity index (χ3v) is 4.47. The molecular weight excluding hydrogens is 274 g/mol. The average Bonchev–Trinajstić information content (AvgIpc) is 2.36. The molecule has 110 valence electrons. The fourth-order valence-corrected chi connectivity index (χ4v) is 3.56. The number of rotatable bonds is 6. The highest BCUT2D eigenvalue weighted by atomic mass is 35.5. The monoisotopic (exact) mass is 295 g/mol. The lowest BCUT2D eigenvalue weighted by Crippen LogP contribution is -2.56. The molecular formula is C16H22ClNO2. The summed E-state index contributed by atoms with van der Waals surface area (Å²) >= 11 is 6.22. The van der Waals surface area contributed by atoms with Crippen LogP contribution in [-0.2, 0) is 0 Å². The third kappa shape index (κ3) is 2.93. The fraction of sp³-hybridized carbons (Fsp3) is 0.562. The molecule has 0 spiro atoms.